The number of hydrogen-bond acceptors (Lipinski definition) is 6. The van der Waals surface area contributed by atoms with Gasteiger partial charge in [-0.3, -0.25) is 9.59 Å². The molecule has 1 aromatic carbocycles. The number of rotatable bonds is 9. The molecule has 40 heavy (non-hydrogen) atoms. The van der Waals surface area contributed by atoms with E-state index in [4.69, 9.17) is 4.98 Å². The van der Waals surface area contributed by atoms with Gasteiger partial charge in [0, 0.05) is 67.8 Å². The summed E-state index contributed by atoms with van der Waals surface area (Å²) < 4.78 is 0. The van der Waals surface area contributed by atoms with Crippen LogP contribution >= 0.6 is 0 Å². The van der Waals surface area contributed by atoms with E-state index >= 15 is 0 Å². The number of hydrogen-bond donors (Lipinski definition) is 1. The summed E-state index contributed by atoms with van der Waals surface area (Å²) >= 11 is 0. The van der Waals surface area contributed by atoms with Crippen LogP contribution in [0.3, 0.4) is 0 Å². The van der Waals surface area contributed by atoms with E-state index in [0.717, 1.165) is 47.7 Å². The molecule has 1 N–H and O–H groups in total. The maximum atomic E-state index is 13.4. The molecule has 1 fully saturated rings. The molecule has 0 aliphatic carbocycles. The molecule has 4 rings (SSSR count). The summed E-state index contributed by atoms with van der Waals surface area (Å²) in [6, 6.07) is 8.21. The van der Waals surface area contributed by atoms with Crippen LogP contribution in [0.25, 0.3) is 12.2 Å². The van der Waals surface area contributed by atoms with Crippen molar-refractivity contribution in [3.05, 3.63) is 77.7 Å². The molecule has 212 valence electrons. The summed E-state index contributed by atoms with van der Waals surface area (Å²) in [4.78, 5) is 39.0. The van der Waals surface area contributed by atoms with Gasteiger partial charge in [-0.2, -0.15) is 0 Å². The Kier molecular flexibility index (Phi) is 9.42. The molecule has 0 saturated carbocycles. The van der Waals surface area contributed by atoms with Gasteiger partial charge in [0.1, 0.15) is 5.69 Å². The zero-order valence-corrected chi connectivity index (χ0v) is 24.3. The molecule has 1 saturated heterocycles. The first-order valence-electron chi connectivity index (χ1n) is 14.0. The van der Waals surface area contributed by atoms with Gasteiger partial charge in [-0.1, -0.05) is 43.5 Å². The summed E-state index contributed by atoms with van der Waals surface area (Å²) in [5.41, 5.74) is 6.95. The second-order valence-corrected chi connectivity index (χ2v) is 10.8. The lowest BCUT2D eigenvalue weighted by Gasteiger charge is -2.39. The smallest absolute Gasteiger partial charge is 0.270 e. The lowest BCUT2D eigenvalue weighted by molar-refractivity contribution is -0.126. The van der Waals surface area contributed by atoms with Gasteiger partial charge in [0.15, 0.2) is 0 Å². The van der Waals surface area contributed by atoms with E-state index in [9.17, 15) is 9.59 Å². The summed E-state index contributed by atoms with van der Waals surface area (Å²) in [7, 11) is 3.99. The molecule has 1 aromatic heterocycles. The van der Waals surface area contributed by atoms with Gasteiger partial charge < -0.3 is 24.9 Å². The lowest BCUT2D eigenvalue weighted by atomic mass is 9.97. The molecular weight excluding hydrogens is 500 g/mol. The van der Waals surface area contributed by atoms with E-state index in [1.54, 1.807) is 0 Å². The van der Waals surface area contributed by atoms with Crippen LogP contribution in [-0.2, 0) is 17.8 Å². The van der Waals surface area contributed by atoms with Crippen LogP contribution in [0.15, 0.2) is 49.6 Å². The number of anilines is 2. The molecule has 3 heterocycles. The number of pyridine rings is 1. The van der Waals surface area contributed by atoms with E-state index < -0.39 is 0 Å². The van der Waals surface area contributed by atoms with Crippen LogP contribution in [0.5, 0.6) is 0 Å². The van der Waals surface area contributed by atoms with E-state index in [-0.39, 0.29) is 17.9 Å². The first-order chi connectivity index (χ1) is 19.2. The fourth-order valence-corrected chi connectivity index (χ4v) is 5.68. The van der Waals surface area contributed by atoms with Gasteiger partial charge in [-0.25, -0.2) is 4.98 Å². The SMILES string of the molecule is C=CC(=O)N1CCN(c2cc(C(=O)NC(C)CN(C)C)nc3c2CCN(c2cccc(C=C)c2/C=C\C)C3)CC1. The zero-order chi connectivity index (χ0) is 28.8. The highest BCUT2D eigenvalue weighted by molar-refractivity contribution is 5.94. The highest BCUT2D eigenvalue weighted by Gasteiger charge is 2.29. The summed E-state index contributed by atoms with van der Waals surface area (Å²) in [5.74, 6) is -0.208. The second kappa shape index (κ2) is 13.0. The molecule has 8 nitrogen and oxygen atoms in total. The van der Waals surface area contributed by atoms with E-state index in [0.29, 0.717) is 38.4 Å². The second-order valence-electron chi connectivity index (χ2n) is 10.8. The van der Waals surface area contributed by atoms with Crippen molar-refractivity contribution in [2.45, 2.75) is 32.9 Å². The summed E-state index contributed by atoms with van der Waals surface area (Å²) in [6.07, 6.45) is 8.26. The highest BCUT2D eigenvalue weighted by Crippen LogP contribution is 2.34. The van der Waals surface area contributed by atoms with E-state index in [2.05, 4.69) is 57.4 Å². The Morgan fingerprint density at radius 2 is 1.85 bits per heavy atom. The minimum absolute atomic E-state index is 0.0150. The third-order valence-corrected chi connectivity index (χ3v) is 7.53. The van der Waals surface area contributed by atoms with Gasteiger partial charge in [0.2, 0.25) is 5.91 Å². The number of piperazine rings is 1. The van der Waals surface area contributed by atoms with Crippen molar-refractivity contribution >= 4 is 35.3 Å². The van der Waals surface area contributed by atoms with Gasteiger partial charge in [-0.15, -0.1) is 0 Å². The summed E-state index contributed by atoms with van der Waals surface area (Å²) in [5, 5.41) is 3.12. The first-order valence-corrected chi connectivity index (χ1v) is 14.0. The largest absolute Gasteiger partial charge is 0.368 e. The van der Waals surface area contributed by atoms with Crippen molar-refractivity contribution in [1.82, 2.24) is 20.1 Å². The molecule has 2 aliphatic rings. The van der Waals surface area contributed by atoms with Crippen molar-refractivity contribution in [2.24, 2.45) is 0 Å². The molecule has 1 atom stereocenters. The van der Waals surface area contributed by atoms with Crippen molar-refractivity contribution < 1.29 is 9.59 Å². The molecular formula is C32H42N6O2. The molecule has 2 amide bonds. The highest BCUT2D eigenvalue weighted by atomic mass is 16.2. The first kappa shape index (κ1) is 29.1. The molecule has 0 radical (unpaired) electrons. The van der Waals surface area contributed by atoms with Crippen LogP contribution in [0.4, 0.5) is 11.4 Å². The van der Waals surface area contributed by atoms with Crippen molar-refractivity contribution in [1.29, 1.82) is 0 Å². The Balaban J connectivity index is 1.69. The van der Waals surface area contributed by atoms with Crippen LogP contribution in [0.2, 0.25) is 0 Å². The van der Waals surface area contributed by atoms with E-state index in [1.165, 1.54) is 11.6 Å². The van der Waals surface area contributed by atoms with Gasteiger partial charge in [-0.05, 0) is 58.1 Å². The van der Waals surface area contributed by atoms with Crippen LogP contribution in [-0.4, -0.2) is 86.0 Å². The fourth-order valence-electron chi connectivity index (χ4n) is 5.68. The van der Waals surface area contributed by atoms with Crippen LogP contribution in [0, 0.1) is 0 Å². The average molecular weight is 543 g/mol. The van der Waals surface area contributed by atoms with Crippen LogP contribution < -0.4 is 15.1 Å². The number of aromatic nitrogens is 1. The molecule has 0 bridgehead atoms. The molecule has 1 unspecified atom stereocenters. The predicted molar refractivity (Wildman–Crippen MR) is 165 cm³/mol. The zero-order valence-electron chi connectivity index (χ0n) is 24.3. The topological polar surface area (TPSA) is 72.0 Å². The van der Waals surface area contributed by atoms with Gasteiger partial charge in [0.05, 0.1) is 12.2 Å². The number of likely N-dealkylation sites (N-methyl/N-ethyl adjacent to an activating group) is 1. The standard InChI is InChI=1S/C32H42N6O2/c1-7-11-25-24(8-2)12-10-13-29(25)38-15-14-26-28(22-38)34-27(32(40)33-23(4)21-35(5)6)20-30(26)36-16-18-37(19-17-36)31(39)9-3/h7-13,20,23H,2-3,14-19,21-22H2,1,4-6H3,(H,33,40)/b11-7-. The predicted octanol–water partition coefficient (Wildman–Crippen LogP) is 3.83. The lowest BCUT2D eigenvalue weighted by Crippen LogP contribution is -2.49. The molecule has 2 aliphatic heterocycles. The number of nitrogens with zero attached hydrogens (tertiary/aromatic N) is 5. The fraction of sp³-hybridized carbons (Fsp3) is 0.406. The Hall–Kier alpha value is -3.91. The maximum Gasteiger partial charge on any atom is 0.270 e. The minimum Gasteiger partial charge on any atom is -0.368 e. The number of benzene rings is 1. The maximum absolute atomic E-state index is 13.4. The van der Waals surface area contributed by atoms with Gasteiger partial charge >= 0.3 is 0 Å². The Bertz CT molecular complexity index is 1290. The van der Waals surface area contributed by atoms with Crippen molar-refractivity contribution in [3.8, 4) is 0 Å². The number of fused-ring (bicyclic) bond motifs is 1. The monoisotopic (exact) mass is 542 g/mol. The normalized spacial score (nSPS) is 16.2. The summed E-state index contributed by atoms with van der Waals surface area (Å²) in [6.45, 7) is 16.5. The number of amides is 2. The van der Waals surface area contributed by atoms with Crippen LogP contribution in [0.1, 0.15) is 46.7 Å². The molecule has 0 spiro atoms. The molecule has 2 aromatic rings. The number of carbonyl (C=O) groups excluding carboxylic acids is 2. The Labute approximate surface area is 238 Å². The number of allylic oxidation sites excluding steroid dienone is 1. The van der Waals surface area contributed by atoms with Crippen molar-refractivity contribution in [3.63, 3.8) is 0 Å². The average Bonchev–Trinajstić information content (AvgIpc) is 2.95. The molecule has 8 heteroatoms. The van der Waals surface area contributed by atoms with Crippen molar-refractivity contribution in [2.75, 3.05) is 63.2 Å². The number of nitrogens with one attached hydrogen (secondary N) is 1. The minimum atomic E-state index is -0.167. The third kappa shape index (κ3) is 6.45. The van der Waals surface area contributed by atoms with E-state index in [1.807, 2.05) is 51.1 Å². The third-order valence-electron chi connectivity index (χ3n) is 7.53. The quantitative estimate of drug-likeness (QED) is 0.486. The Morgan fingerprint density at radius 3 is 2.50 bits per heavy atom. The Morgan fingerprint density at radius 1 is 1.10 bits per heavy atom. The number of carbonyl (C=O) groups is 2. The van der Waals surface area contributed by atoms with Gasteiger partial charge in [0.25, 0.3) is 5.91 Å².